The maximum atomic E-state index is 13.2. The molecule has 1 heterocycles. The Hall–Kier alpha value is -2.89. The van der Waals surface area contributed by atoms with Crippen LogP contribution < -0.4 is 5.73 Å². The van der Waals surface area contributed by atoms with Gasteiger partial charge in [-0.2, -0.15) is 5.26 Å². The largest absolute Gasteiger partial charge is 0.383 e. The van der Waals surface area contributed by atoms with Crippen LogP contribution in [-0.2, 0) is 4.79 Å². The molecular weight excluding hydrogens is 394 g/mol. The lowest BCUT2D eigenvalue weighted by Gasteiger charge is -2.45. The minimum absolute atomic E-state index is 0.115. The molecule has 0 radical (unpaired) electrons. The fourth-order valence-corrected chi connectivity index (χ4v) is 4.35. The number of benzene rings is 1. The number of nitriles is 1. The van der Waals surface area contributed by atoms with E-state index in [9.17, 15) is 20.2 Å². The van der Waals surface area contributed by atoms with Crippen molar-refractivity contribution < 1.29 is 9.72 Å². The molecule has 152 valence electrons. The molecule has 1 atom stereocenters. The number of allylic oxidation sites excluding steroid dienone is 3. The highest BCUT2D eigenvalue weighted by molar-refractivity contribution is 6.31. The molecule has 0 aromatic heterocycles. The number of carbonyl (C=O) groups excluding carboxylic acids is 1. The highest BCUT2D eigenvalue weighted by Gasteiger charge is 2.45. The van der Waals surface area contributed by atoms with Crippen LogP contribution in [0.4, 0.5) is 5.69 Å². The van der Waals surface area contributed by atoms with E-state index in [0.29, 0.717) is 29.7 Å². The Balaban J connectivity index is 2.35. The summed E-state index contributed by atoms with van der Waals surface area (Å²) < 4.78 is 0. The summed E-state index contributed by atoms with van der Waals surface area (Å²) in [6.07, 6.45) is 0.865. The third-order valence-electron chi connectivity index (χ3n) is 5.26. The summed E-state index contributed by atoms with van der Waals surface area (Å²) in [6.45, 7) is 4.00. The number of hydrogen-bond acceptors (Lipinski definition) is 7. The molecule has 0 fully saturated rings. The van der Waals surface area contributed by atoms with Gasteiger partial charge in [-0.3, -0.25) is 19.9 Å². The molecule has 1 unspecified atom stereocenters. The van der Waals surface area contributed by atoms with E-state index < -0.39 is 10.8 Å². The van der Waals surface area contributed by atoms with Crippen molar-refractivity contribution in [3.63, 3.8) is 0 Å². The third-order valence-corrected chi connectivity index (χ3v) is 5.60. The number of halogens is 1. The Morgan fingerprint density at radius 2 is 2.03 bits per heavy atom. The zero-order valence-corrected chi connectivity index (χ0v) is 17.4. The van der Waals surface area contributed by atoms with Crippen molar-refractivity contribution in [2.24, 2.45) is 11.1 Å². The minimum Gasteiger partial charge on any atom is -0.383 e. The van der Waals surface area contributed by atoms with Crippen molar-refractivity contribution in [2.75, 3.05) is 14.1 Å². The molecule has 8 nitrogen and oxygen atoms in total. The quantitative estimate of drug-likeness (QED) is 0.593. The smallest absolute Gasteiger partial charge is 0.269 e. The van der Waals surface area contributed by atoms with Crippen molar-refractivity contribution >= 4 is 23.1 Å². The van der Waals surface area contributed by atoms with E-state index in [1.807, 2.05) is 13.8 Å². The van der Waals surface area contributed by atoms with Gasteiger partial charge < -0.3 is 5.73 Å². The molecular formula is C20H22ClN5O3. The number of hydrazine groups is 1. The number of ketones is 1. The summed E-state index contributed by atoms with van der Waals surface area (Å²) in [6, 6.07) is 6.13. The number of nitro benzene ring substituents is 1. The van der Waals surface area contributed by atoms with Gasteiger partial charge in [0, 0.05) is 48.9 Å². The van der Waals surface area contributed by atoms with Crippen LogP contribution in [0.3, 0.4) is 0 Å². The maximum absolute atomic E-state index is 13.2. The standard InChI is InChI=1S/C20H22ClN5O3/c1-20(2)8-15-18(16(27)9-20)17(13(10-22)19(23)25(15)24(3)4)12-7-11(26(28)29)5-6-14(12)21/h5-7,17H,8-9,23H2,1-4H3. The van der Waals surface area contributed by atoms with E-state index in [1.54, 1.807) is 24.1 Å². The first-order chi connectivity index (χ1) is 13.5. The van der Waals surface area contributed by atoms with Crippen LogP contribution in [0, 0.1) is 26.9 Å². The van der Waals surface area contributed by atoms with Crippen molar-refractivity contribution in [3.8, 4) is 6.07 Å². The number of Topliss-reactive ketones (excluding diaryl/α,β-unsaturated/α-hetero) is 1. The van der Waals surface area contributed by atoms with E-state index in [2.05, 4.69) is 6.07 Å². The molecule has 9 heteroatoms. The Morgan fingerprint density at radius 3 is 2.59 bits per heavy atom. The molecule has 1 aromatic rings. The molecule has 2 N–H and O–H groups in total. The van der Waals surface area contributed by atoms with Gasteiger partial charge in [-0.1, -0.05) is 25.4 Å². The normalized spacial score (nSPS) is 21.3. The second-order valence-electron chi connectivity index (χ2n) is 8.27. The van der Waals surface area contributed by atoms with Gasteiger partial charge in [0.2, 0.25) is 0 Å². The number of non-ortho nitro benzene ring substituents is 1. The van der Waals surface area contributed by atoms with Gasteiger partial charge in [-0.15, -0.1) is 0 Å². The highest BCUT2D eigenvalue weighted by atomic mass is 35.5. The highest BCUT2D eigenvalue weighted by Crippen LogP contribution is 2.50. The van der Waals surface area contributed by atoms with Gasteiger partial charge in [0.05, 0.1) is 22.5 Å². The summed E-state index contributed by atoms with van der Waals surface area (Å²) in [4.78, 5) is 24.0. The summed E-state index contributed by atoms with van der Waals surface area (Å²) >= 11 is 6.38. The van der Waals surface area contributed by atoms with Crippen molar-refractivity contribution in [1.29, 1.82) is 5.26 Å². The predicted octanol–water partition coefficient (Wildman–Crippen LogP) is 3.46. The van der Waals surface area contributed by atoms with E-state index in [-0.39, 0.29) is 33.3 Å². The third kappa shape index (κ3) is 3.48. The molecule has 0 saturated heterocycles. The molecule has 2 aliphatic rings. The van der Waals surface area contributed by atoms with Gasteiger partial charge in [0.15, 0.2) is 5.78 Å². The van der Waals surface area contributed by atoms with Crippen LogP contribution in [0.15, 0.2) is 40.9 Å². The number of nitro groups is 1. The Bertz CT molecular complexity index is 1020. The predicted molar refractivity (Wildman–Crippen MR) is 108 cm³/mol. The van der Waals surface area contributed by atoms with Crippen LogP contribution in [0.2, 0.25) is 5.02 Å². The first-order valence-electron chi connectivity index (χ1n) is 9.05. The van der Waals surface area contributed by atoms with E-state index in [1.165, 1.54) is 18.2 Å². The average molecular weight is 416 g/mol. The van der Waals surface area contributed by atoms with Gasteiger partial charge in [-0.25, -0.2) is 5.01 Å². The number of rotatable bonds is 3. The fraction of sp³-hybridized carbons (Fsp3) is 0.400. The molecule has 0 saturated carbocycles. The van der Waals surface area contributed by atoms with Crippen LogP contribution in [-0.4, -0.2) is 34.8 Å². The Labute approximate surface area is 173 Å². The molecule has 1 aliphatic carbocycles. The number of carbonyl (C=O) groups is 1. The van der Waals surface area contributed by atoms with E-state index in [0.717, 1.165) is 0 Å². The Morgan fingerprint density at radius 1 is 1.38 bits per heavy atom. The first kappa shape index (κ1) is 20.8. The molecule has 29 heavy (non-hydrogen) atoms. The van der Waals surface area contributed by atoms with E-state index in [4.69, 9.17) is 17.3 Å². The van der Waals surface area contributed by atoms with Crippen molar-refractivity contribution in [1.82, 2.24) is 10.0 Å². The first-order valence-corrected chi connectivity index (χ1v) is 9.43. The zero-order chi connectivity index (χ0) is 21.7. The molecule has 0 spiro atoms. The monoisotopic (exact) mass is 415 g/mol. The van der Waals surface area contributed by atoms with Crippen LogP contribution in [0.1, 0.15) is 38.2 Å². The zero-order valence-electron chi connectivity index (χ0n) is 16.7. The number of hydrogen-bond donors (Lipinski definition) is 1. The molecule has 1 aromatic carbocycles. The van der Waals surface area contributed by atoms with Crippen molar-refractivity contribution in [3.05, 3.63) is 61.6 Å². The van der Waals surface area contributed by atoms with Crippen LogP contribution >= 0.6 is 11.6 Å². The Kier molecular flexibility index (Phi) is 5.15. The van der Waals surface area contributed by atoms with Crippen LogP contribution in [0.5, 0.6) is 0 Å². The molecule has 0 bridgehead atoms. The van der Waals surface area contributed by atoms with Crippen molar-refractivity contribution in [2.45, 2.75) is 32.6 Å². The van der Waals surface area contributed by atoms with Gasteiger partial charge in [0.25, 0.3) is 5.69 Å². The second kappa shape index (κ2) is 7.17. The molecule has 0 amide bonds. The molecule has 1 aliphatic heterocycles. The number of nitrogens with two attached hydrogens (primary N) is 1. The number of nitrogens with zero attached hydrogens (tertiary/aromatic N) is 4. The molecule has 3 rings (SSSR count). The van der Waals surface area contributed by atoms with Crippen LogP contribution in [0.25, 0.3) is 0 Å². The van der Waals surface area contributed by atoms with Gasteiger partial charge >= 0.3 is 0 Å². The maximum Gasteiger partial charge on any atom is 0.269 e. The summed E-state index contributed by atoms with van der Waals surface area (Å²) in [7, 11) is 3.55. The SMILES string of the molecule is CN(C)N1C(N)=C(C#N)C(c2cc([N+](=O)[O-])ccc2Cl)C2=C1CC(C)(C)CC2=O. The fourth-order valence-electron chi connectivity index (χ4n) is 4.13. The summed E-state index contributed by atoms with van der Waals surface area (Å²) in [5.41, 5.74) is 7.51. The minimum atomic E-state index is -0.845. The summed E-state index contributed by atoms with van der Waals surface area (Å²) in [5, 5.41) is 24.8. The van der Waals surface area contributed by atoms with Gasteiger partial charge in [0.1, 0.15) is 5.82 Å². The van der Waals surface area contributed by atoms with E-state index >= 15 is 0 Å². The van der Waals surface area contributed by atoms with Gasteiger partial charge in [-0.05, 0) is 23.5 Å². The average Bonchev–Trinajstić information content (AvgIpc) is 2.59. The topological polar surface area (TPSA) is 116 Å². The lowest BCUT2D eigenvalue weighted by molar-refractivity contribution is -0.384. The lowest BCUT2D eigenvalue weighted by Crippen LogP contribution is -2.47. The summed E-state index contributed by atoms with van der Waals surface area (Å²) in [5.74, 6) is -0.771. The lowest BCUT2D eigenvalue weighted by atomic mass is 9.69. The second-order valence-corrected chi connectivity index (χ2v) is 8.67.